The summed E-state index contributed by atoms with van der Waals surface area (Å²) in [6, 6.07) is 13.3. The van der Waals surface area contributed by atoms with Crippen LogP contribution in [0.3, 0.4) is 0 Å². The maximum Gasteiger partial charge on any atom is 0.335 e. The molecule has 0 saturated heterocycles. The van der Waals surface area contributed by atoms with Crippen LogP contribution in [-0.2, 0) is 17.6 Å². The summed E-state index contributed by atoms with van der Waals surface area (Å²) in [6.45, 7) is 7.80. The van der Waals surface area contributed by atoms with Crippen molar-refractivity contribution < 1.29 is 19.8 Å². The molecule has 1 aliphatic heterocycles. The topological polar surface area (TPSA) is 86.6 Å². The molecule has 5 nitrogen and oxygen atoms in total. The molecule has 1 unspecified atom stereocenters. The van der Waals surface area contributed by atoms with Gasteiger partial charge in [-0.25, -0.2) is 4.79 Å². The van der Waals surface area contributed by atoms with Gasteiger partial charge >= 0.3 is 11.9 Å². The van der Waals surface area contributed by atoms with Crippen molar-refractivity contribution in [3.63, 3.8) is 0 Å². The summed E-state index contributed by atoms with van der Waals surface area (Å²) in [5.74, 6) is -1.73. The molecule has 2 aromatic carbocycles. The summed E-state index contributed by atoms with van der Waals surface area (Å²) in [6.07, 6.45) is 1.22. The van der Waals surface area contributed by atoms with Gasteiger partial charge in [-0.1, -0.05) is 38.1 Å². The monoisotopic (exact) mass is 381 g/mol. The van der Waals surface area contributed by atoms with Crippen molar-refractivity contribution in [1.29, 1.82) is 0 Å². The molecule has 28 heavy (non-hydrogen) atoms. The van der Waals surface area contributed by atoms with E-state index in [0.717, 1.165) is 28.8 Å². The molecule has 148 valence electrons. The SMILES string of the molecule is CC(C)(Cc1cccc(C2Nc3ccc(C(=O)O)cc3CC2(C)C)c1)C(=O)O. The summed E-state index contributed by atoms with van der Waals surface area (Å²) >= 11 is 0. The predicted octanol–water partition coefficient (Wildman–Crippen LogP) is 4.77. The molecule has 0 amide bonds. The van der Waals surface area contributed by atoms with Crippen LogP contribution < -0.4 is 5.32 Å². The van der Waals surface area contributed by atoms with E-state index in [1.165, 1.54) is 0 Å². The molecule has 0 aromatic heterocycles. The van der Waals surface area contributed by atoms with Crippen LogP contribution in [0.15, 0.2) is 42.5 Å². The number of aliphatic carboxylic acids is 1. The lowest BCUT2D eigenvalue weighted by atomic mass is 9.72. The standard InChI is InChI=1S/C23H27NO4/c1-22(2)13-17-11-16(20(25)26)8-9-18(17)24-19(22)15-7-5-6-14(10-15)12-23(3,4)21(27)28/h5-11,19,24H,12-13H2,1-4H3,(H,25,26)(H,27,28). The molecular weight excluding hydrogens is 354 g/mol. The van der Waals surface area contributed by atoms with E-state index in [2.05, 4.69) is 31.3 Å². The second-order valence-electron chi connectivity index (χ2n) is 9.03. The first-order valence-corrected chi connectivity index (χ1v) is 9.45. The fraction of sp³-hybridized carbons (Fsp3) is 0.391. The maximum atomic E-state index is 11.5. The fourth-order valence-electron chi connectivity index (χ4n) is 3.96. The number of fused-ring (bicyclic) bond motifs is 1. The Morgan fingerprint density at radius 1 is 1.14 bits per heavy atom. The van der Waals surface area contributed by atoms with Gasteiger partial charge in [0.05, 0.1) is 17.0 Å². The van der Waals surface area contributed by atoms with Gasteiger partial charge in [0, 0.05) is 5.69 Å². The van der Waals surface area contributed by atoms with Crippen LogP contribution in [0.4, 0.5) is 5.69 Å². The number of hydrogen-bond donors (Lipinski definition) is 3. The number of nitrogens with one attached hydrogen (secondary N) is 1. The highest BCUT2D eigenvalue weighted by Crippen LogP contribution is 2.45. The zero-order chi connectivity index (χ0) is 20.7. The minimum absolute atomic E-state index is 0.0450. The van der Waals surface area contributed by atoms with Gasteiger partial charge in [0.1, 0.15) is 0 Å². The lowest BCUT2D eigenvalue weighted by Gasteiger charge is -2.41. The summed E-state index contributed by atoms with van der Waals surface area (Å²) in [5.41, 5.74) is 3.40. The van der Waals surface area contributed by atoms with Gasteiger partial charge in [-0.05, 0) is 67.0 Å². The number of hydrogen-bond acceptors (Lipinski definition) is 3. The third-order valence-corrected chi connectivity index (χ3v) is 5.59. The van der Waals surface area contributed by atoms with Crippen molar-refractivity contribution in [3.05, 3.63) is 64.7 Å². The van der Waals surface area contributed by atoms with Crippen LogP contribution in [0.2, 0.25) is 0 Å². The van der Waals surface area contributed by atoms with Crippen molar-refractivity contribution in [2.24, 2.45) is 10.8 Å². The Hall–Kier alpha value is -2.82. The molecule has 0 saturated carbocycles. The van der Waals surface area contributed by atoms with Gasteiger partial charge in [0.15, 0.2) is 0 Å². The van der Waals surface area contributed by atoms with Gasteiger partial charge < -0.3 is 15.5 Å². The third kappa shape index (κ3) is 3.88. The molecular formula is C23H27NO4. The lowest BCUT2D eigenvalue weighted by molar-refractivity contribution is -0.146. The van der Waals surface area contributed by atoms with E-state index in [1.807, 2.05) is 18.2 Å². The van der Waals surface area contributed by atoms with Crippen molar-refractivity contribution in [1.82, 2.24) is 0 Å². The van der Waals surface area contributed by atoms with Crippen molar-refractivity contribution in [2.75, 3.05) is 5.32 Å². The number of benzene rings is 2. The zero-order valence-corrected chi connectivity index (χ0v) is 16.7. The summed E-state index contributed by atoms with van der Waals surface area (Å²) < 4.78 is 0. The van der Waals surface area contributed by atoms with Gasteiger partial charge in [-0.15, -0.1) is 0 Å². The first-order valence-electron chi connectivity index (χ1n) is 9.45. The molecule has 0 radical (unpaired) electrons. The third-order valence-electron chi connectivity index (χ3n) is 5.59. The number of anilines is 1. The molecule has 0 aliphatic carbocycles. The van der Waals surface area contributed by atoms with Crippen LogP contribution >= 0.6 is 0 Å². The van der Waals surface area contributed by atoms with E-state index in [-0.39, 0.29) is 11.5 Å². The Kier molecular flexibility index (Phi) is 4.96. The summed E-state index contributed by atoms with van der Waals surface area (Å²) in [5, 5.41) is 22.2. The predicted molar refractivity (Wildman–Crippen MR) is 109 cm³/mol. The average molecular weight is 381 g/mol. The molecule has 3 N–H and O–H groups in total. The quantitative estimate of drug-likeness (QED) is 0.694. The minimum atomic E-state index is -0.920. The first kappa shape index (κ1) is 19.9. The first-order chi connectivity index (χ1) is 13.0. The Labute approximate surface area is 165 Å². The molecule has 2 aromatic rings. The van der Waals surface area contributed by atoms with Gasteiger partial charge in [0.2, 0.25) is 0 Å². The van der Waals surface area contributed by atoms with E-state index in [1.54, 1.807) is 26.0 Å². The van der Waals surface area contributed by atoms with Crippen LogP contribution in [-0.4, -0.2) is 22.2 Å². The van der Waals surface area contributed by atoms with Crippen LogP contribution in [0.25, 0.3) is 0 Å². The van der Waals surface area contributed by atoms with E-state index in [0.29, 0.717) is 12.0 Å². The van der Waals surface area contributed by atoms with Crippen LogP contribution in [0.1, 0.15) is 60.8 Å². The average Bonchev–Trinajstić information content (AvgIpc) is 2.59. The Balaban J connectivity index is 1.92. The van der Waals surface area contributed by atoms with E-state index < -0.39 is 17.4 Å². The Morgan fingerprint density at radius 2 is 1.86 bits per heavy atom. The van der Waals surface area contributed by atoms with Crippen molar-refractivity contribution in [2.45, 2.75) is 46.6 Å². The number of rotatable bonds is 5. The Morgan fingerprint density at radius 3 is 2.50 bits per heavy atom. The molecule has 1 aliphatic rings. The Bertz CT molecular complexity index is 930. The molecule has 1 heterocycles. The normalized spacial score (nSPS) is 18.1. The van der Waals surface area contributed by atoms with E-state index >= 15 is 0 Å². The largest absolute Gasteiger partial charge is 0.481 e. The highest BCUT2D eigenvalue weighted by atomic mass is 16.4. The van der Waals surface area contributed by atoms with Crippen molar-refractivity contribution >= 4 is 17.6 Å². The number of carboxylic acids is 2. The van der Waals surface area contributed by atoms with E-state index in [4.69, 9.17) is 0 Å². The highest BCUT2D eigenvalue weighted by Gasteiger charge is 2.36. The highest BCUT2D eigenvalue weighted by molar-refractivity contribution is 5.88. The number of carboxylic acid groups (broad SMARTS) is 2. The zero-order valence-electron chi connectivity index (χ0n) is 16.7. The molecule has 0 spiro atoms. The van der Waals surface area contributed by atoms with Gasteiger partial charge in [-0.3, -0.25) is 4.79 Å². The molecule has 1 atom stereocenters. The summed E-state index contributed by atoms with van der Waals surface area (Å²) in [7, 11) is 0. The maximum absolute atomic E-state index is 11.5. The molecule has 0 bridgehead atoms. The van der Waals surface area contributed by atoms with Gasteiger partial charge in [0.25, 0.3) is 0 Å². The number of carbonyl (C=O) groups is 2. The minimum Gasteiger partial charge on any atom is -0.481 e. The van der Waals surface area contributed by atoms with Gasteiger partial charge in [-0.2, -0.15) is 0 Å². The molecule has 0 fully saturated rings. The van der Waals surface area contributed by atoms with Crippen molar-refractivity contribution in [3.8, 4) is 0 Å². The number of aromatic carboxylic acids is 1. The van der Waals surface area contributed by atoms with E-state index in [9.17, 15) is 19.8 Å². The second kappa shape index (κ2) is 6.97. The molecule has 3 rings (SSSR count). The van der Waals surface area contributed by atoms with Crippen LogP contribution in [0, 0.1) is 10.8 Å². The molecule has 5 heteroatoms. The fourth-order valence-corrected chi connectivity index (χ4v) is 3.96. The lowest BCUT2D eigenvalue weighted by Crippen LogP contribution is -2.35. The van der Waals surface area contributed by atoms with Crippen LogP contribution in [0.5, 0.6) is 0 Å². The summed E-state index contributed by atoms with van der Waals surface area (Å²) in [4.78, 5) is 22.7. The second-order valence-corrected chi connectivity index (χ2v) is 9.03. The smallest absolute Gasteiger partial charge is 0.335 e.